The first kappa shape index (κ1) is 28.4. The summed E-state index contributed by atoms with van der Waals surface area (Å²) in [5, 5.41) is 29.7. The summed E-state index contributed by atoms with van der Waals surface area (Å²) in [5.74, 6) is 2.07. The Labute approximate surface area is 232 Å². The van der Waals surface area contributed by atoms with E-state index in [2.05, 4.69) is 36.7 Å². The summed E-state index contributed by atoms with van der Waals surface area (Å²) < 4.78 is 42.4. The van der Waals surface area contributed by atoms with Crippen molar-refractivity contribution < 1.29 is 23.0 Å². The highest BCUT2D eigenvalue weighted by Crippen LogP contribution is 2.43. The average molecular weight is 559 g/mol. The van der Waals surface area contributed by atoms with Gasteiger partial charge in [0.2, 0.25) is 5.95 Å². The minimum absolute atomic E-state index is 0.0257. The lowest BCUT2D eigenvalue weighted by atomic mass is 9.64. The smallest absolute Gasteiger partial charge is 0.405 e. The monoisotopic (exact) mass is 558 g/mol. The van der Waals surface area contributed by atoms with Crippen LogP contribution in [0, 0.1) is 29.1 Å². The van der Waals surface area contributed by atoms with Crippen molar-refractivity contribution in [3.05, 3.63) is 41.6 Å². The summed E-state index contributed by atoms with van der Waals surface area (Å²) in [6.45, 7) is 0.723. The molecule has 3 fully saturated rings. The second-order valence-corrected chi connectivity index (χ2v) is 11.4. The molecule has 2 bridgehead atoms. The molecule has 216 valence electrons. The van der Waals surface area contributed by atoms with Gasteiger partial charge < -0.3 is 25.8 Å². The largest absolute Gasteiger partial charge is 0.573 e. The minimum Gasteiger partial charge on any atom is -0.405 e. The Kier molecular flexibility index (Phi) is 8.96. The van der Waals surface area contributed by atoms with Crippen LogP contribution in [-0.4, -0.2) is 46.2 Å². The summed E-state index contributed by atoms with van der Waals surface area (Å²) in [6.07, 6.45) is 6.31. The van der Waals surface area contributed by atoms with Gasteiger partial charge in [-0.2, -0.15) is 10.2 Å². The number of fused-ring (bicyclic) bond motifs is 2. The second kappa shape index (κ2) is 12.6. The lowest BCUT2D eigenvalue weighted by molar-refractivity contribution is -0.274. The molecule has 0 amide bonds. The predicted octanol–water partition coefficient (Wildman–Crippen LogP) is 5.36. The van der Waals surface area contributed by atoms with E-state index in [0.717, 1.165) is 38.5 Å². The molecule has 0 aliphatic heterocycles. The van der Waals surface area contributed by atoms with Crippen LogP contribution in [0.15, 0.2) is 30.5 Å². The number of aliphatic hydroxyl groups is 1. The number of halogens is 3. The molecule has 1 aromatic carbocycles. The molecule has 1 heterocycles. The molecule has 4 atom stereocenters. The molecule has 0 radical (unpaired) electrons. The molecule has 1 aromatic heterocycles. The quantitative estimate of drug-likeness (QED) is 0.325. The normalized spacial score (nSPS) is 28.4. The molecule has 3 saturated carbocycles. The second-order valence-electron chi connectivity index (χ2n) is 11.4. The zero-order valence-electron chi connectivity index (χ0n) is 22.5. The van der Waals surface area contributed by atoms with E-state index in [9.17, 15) is 23.5 Å². The van der Waals surface area contributed by atoms with Crippen LogP contribution in [-0.2, 0) is 6.54 Å². The van der Waals surface area contributed by atoms with Crippen LogP contribution in [0.2, 0.25) is 0 Å². The van der Waals surface area contributed by atoms with Crippen molar-refractivity contribution >= 4 is 11.8 Å². The van der Waals surface area contributed by atoms with Crippen molar-refractivity contribution in [2.45, 2.75) is 88.9 Å². The molecule has 40 heavy (non-hydrogen) atoms. The molecular weight excluding hydrogens is 521 g/mol. The van der Waals surface area contributed by atoms with Gasteiger partial charge in [-0.1, -0.05) is 24.6 Å². The SMILES string of the molecule is N#Cc1cnc(NCc2ccccc2OC(F)(F)F)nc1NCC1C[C@H]2CCC[C@@H](C1)C2NC1CCC(O)CC1. The van der Waals surface area contributed by atoms with Crippen LogP contribution >= 0.6 is 0 Å². The highest BCUT2D eigenvalue weighted by atomic mass is 19.4. The number of nitriles is 1. The van der Waals surface area contributed by atoms with Crippen molar-refractivity contribution in [1.29, 1.82) is 5.26 Å². The maximum Gasteiger partial charge on any atom is 0.573 e. The predicted molar refractivity (Wildman–Crippen MR) is 144 cm³/mol. The number of ether oxygens (including phenoxy) is 1. The number of alkyl halides is 3. The van der Waals surface area contributed by atoms with Crippen LogP contribution in [0.1, 0.15) is 68.9 Å². The Hall–Kier alpha value is -3.10. The number of aliphatic hydroxyl groups excluding tert-OH is 1. The van der Waals surface area contributed by atoms with Gasteiger partial charge in [-0.25, -0.2) is 4.98 Å². The number of hydrogen-bond donors (Lipinski definition) is 4. The highest BCUT2D eigenvalue weighted by Gasteiger charge is 2.41. The van der Waals surface area contributed by atoms with E-state index >= 15 is 0 Å². The van der Waals surface area contributed by atoms with E-state index in [1.54, 1.807) is 6.07 Å². The molecule has 3 aliphatic rings. The van der Waals surface area contributed by atoms with E-state index in [0.29, 0.717) is 53.3 Å². The number of aromatic nitrogens is 2. The lowest BCUT2D eigenvalue weighted by Gasteiger charge is -2.48. The Balaban J connectivity index is 1.18. The molecule has 4 N–H and O–H groups in total. The zero-order valence-corrected chi connectivity index (χ0v) is 22.5. The van der Waals surface area contributed by atoms with Crippen LogP contribution < -0.4 is 20.7 Å². The number of rotatable bonds is 9. The summed E-state index contributed by atoms with van der Waals surface area (Å²) in [4.78, 5) is 8.64. The Morgan fingerprint density at radius 2 is 1.75 bits per heavy atom. The first-order valence-corrected chi connectivity index (χ1v) is 14.3. The summed E-state index contributed by atoms with van der Waals surface area (Å²) >= 11 is 0. The van der Waals surface area contributed by atoms with Gasteiger partial charge in [0.15, 0.2) is 0 Å². The molecule has 2 aromatic rings. The molecule has 2 unspecified atom stereocenters. The fourth-order valence-electron chi connectivity index (χ4n) is 6.79. The van der Waals surface area contributed by atoms with E-state index in [-0.39, 0.29) is 24.3 Å². The number of hydrogen-bond acceptors (Lipinski definition) is 8. The van der Waals surface area contributed by atoms with E-state index < -0.39 is 6.36 Å². The number of benzene rings is 1. The molecule has 0 spiro atoms. The van der Waals surface area contributed by atoms with E-state index in [4.69, 9.17) is 0 Å². The fourth-order valence-corrected chi connectivity index (χ4v) is 6.79. The minimum atomic E-state index is -4.79. The third kappa shape index (κ3) is 7.34. The van der Waals surface area contributed by atoms with Gasteiger partial charge in [-0.3, -0.25) is 0 Å². The molecule has 5 rings (SSSR count). The average Bonchev–Trinajstić information content (AvgIpc) is 2.92. The molecular formula is C29H37F3N6O2. The number of nitrogens with zero attached hydrogens (tertiary/aromatic N) is 3. The van der Waals surface area contributed by atoms with E-state index in [1.165, 1.54) is 43.7 Å². The standard InChI is InChI=1S/C29H37F3N6O2/c30-29(31,32)40-25-7-2-1-4-21(25)16-35-28-36-17-22(14-33)27(38-28)34-15-18-12-19-5-3-6-20(13-18)26(19)37-23-8-10-24(39)11-9-23/h1-2,4,7,17-20,23-24,26,37,39H,3,5-6,8-13,15-16H2,(H2,34,35,36,38)/t18?,19-,20+,23?,24?,26?. The maximum atomic E-state index is 12.8. The van der Waals surface area contributed by atoms with Crippen LogP contribution in [0.4, 0.5) is 24.9 Å². The van der Waals surface area contributed by atoms with Gasteiger partial charge in [-0.15, -0.1) is 13.2 Å². The third-order valence-electron chi connectivity index (χ3n) is 8.67. The Bertz CT molecular complexity index is 1170. The Morgan fingerprint density at radius 1 is 1.02 bits per heavy atom. The van der Waals surface area contributed by atoms with Gasteiger partial charge in [0.1, 0.15) is 23.2 Å². The topological polar surface area (TPSA) is 115 Å². The van der Waals surface area contributed by atoms with Crippen LogP contribution in [0.5, 0.6) is 5.75 Å². The molecule has 3 aliphatic carbocycles. The third-order valence-corrected chi connectivity index (χ3v) is 8.67. The van der Waals surface area contributed by atoms with Crippen molar-refractivity contribution in [3.8, 4) is 11.8 Å². The van der Waals surface area contributed by atoms with Gasteiger partial charge in [0, 0.05) is 30.7 Å². The zero-order chi connectivity index (χ0) is 28.1. The summed E-state index contributed by atoms with van der Waals surface area (Å²) in [5.41, 5.74) is 0.630. The number of nitrogens with one attached hydrogen (secondary N) is 3. The first-order chi connectivity index (χ1) is 19.3. The summed E-state index contributed by atoms with van der Waals surface area (Å²) in [6, 6.07) is 9.08. The van der Waals surface area contributed by atoms with Crippen molar-refractivity contribution in [3.63, 3.8) is 0 Å². The number of para-hydroxylation sites is 1. The van der Waals surface area contributed by atoms with Crippen LogP contribution in [0.3, 0.4) is 0 Å². The van der Waals surface area contributed by atoms with Gasteiger partial charge in [0.25, 0.3) is 0 Å². The van der Waals surface area contributed by atoms with Crippen LogP contribution in [0.25, 0.3) is 0 Å². The molecule has 0 saturated heterocycles. The van der Waals surface area contributed by atoms with Gasteiger partial charge in [-0.05, 0) is 75.2 Å². The lowest BCUT2D eigenvalue weighted by Crippen LogP contribution is -2.53. The van der Waals surface area contributed by atoms with Gasteiger partial charge >= 0.3 is 6.36 Å². The molecule has 8 nitrogen and oxygen atoms in total. The maximum absolute atomic E-state index is 12.8. The number of anilines is 2. The van der Waals surface area contributed by atoms with E-state index in [1.807, 2.05) is 0 Å². The first-order valence-electron chi connectivity index (χ1n) is 14.3. The molecule has 11 heteroatoms. The highest BCUT2D eigenvalue weighted by molar-refractivity contribution is 5.53. The van der Waals surface area contributed by atoms with Gasteiger partial charge in [0.05, 0.1) is 12.3 Å². The van der Waals surface area contributed by atoms with Crippen molar-refractivity contribution in [2.75, 3.05) is 17.2 Å². The van der Waals surface area contributed by atoms with Crippen molar-refractivity contribution in [2.24, 2.45) is 17.8 Å². The Morgan fingerprint density at radius 3 is 2.45 bits per heavy atom. The van der Waals surface area contributed by atoms with Crippen molar-refractivity contribution in [1.82, 2.24) is 15.3 Å². The fraction of sp³-hybridized carbons (Fsp3) is 0.621. The summed E-state index contributed by atoms with van der Waals surface area (Å²) in [7, 11) is 0.